The van der Waals surface area contributed by atoms with Gasteiger partial charge in [-0.15, -0.1) is 0 Å². The lowest BCUT2D eigenvalue weighted by molar-refractivity contribution is 0.441. The Morgan fingerprint density at radius 1 is 1.16 bits per heavy atom. The maximum atomic E-state index is 3.63. The number of hydrogen-bond donors (Lipinski definition) is 1. The van der Waals surface area contributed by atoms with Gasteiger partial charge in [0.1, 0.15) is 0 Å². The fourth-order valence-electron chi connectivity index (χ4n) is 3.27. The molecule has 1 nitrogen and oxygen atoms in total. The van der Waals surface area contributed by atoms with Crippen molar-refractivity contribution in [3.63, 3.8) is 0 Å². The van der Waals surface area contributed by atoms with Gasteiger partial charge in [0, 0.05) is 17.0 Å². The zero-order valence-corrected chi connectivity index (χ0v) is 13.5. The van der Waals surface area contributed by atoms with E-state index in [2.05, 4.69) is 63.0 Å². The smallest absolute Gasteiger partial charge is 0.0187 e. The van der Waals surface area contributed by atoms with E-state index in [4.69, 9.17) is 0 Å². The summed E-state index contributed by atoms with van der Waals surface area (Å²) in [6.45, 7) is 10.1. The van der Waals surface area contributed by atoms with Gasteiger partial charge in [-0.2, -0.15) is 11.8 Å². The molecule has 1 aliphatic rings. The van der Waals surface area contributed by atoms with Crippen LogP contribution in [0.4, 0.5) is 0 Å². The molecule has 1 aromatic rings. The Bertz CT molecular complexity index is 395. The third kappa shape index (κ3) is 4.00. The fraction of sp³-hybridized carbons (Fsp3) is 0.647. The van der Waals surface area contributed by atoms with Gasteiger partial charge in [-0.05, 0) is 44.7 Å². The lowest BCUT2D eigenvalue weighted by Crippen LogP contribution is -2.33. The number of benzene rings is 1. The Labute approximate surface area is 122 Å². The van der Waals surface area contributed by atoms with Crippen LogP contribution in [0.5, 0.6) is 0 Å². The van der Waals surface area contributed by atoms with E-state index in [0.717, 1.165) is 29.5 Å². The minimum absolute atomic E-state index is 0.738. The highest BCUT2D eigenvalue weighted by molar-refractivity contribution is 7.99. The molecule has 0 saturated heterocycles. The standard InChI is InChI=1S/C17H27NS/c1-5-18-16-6-7-17(14(16)4)19-11-15-9-12(2)8-13(3)10-15/h8-10,14,16-18H,5-7,11H2,1-4H3. The second-order valence-corrected chi connectivity index (χ2v) is 7.17. The molecule has 1 saturated carbocycles. The summed E-state index contributed by atoms with van der Waals surface area (Å²) in [7, 11) is 0. The number of hydrogen-bond acceptors (Lipinski definition) is 2. The van der Waals surface area contributed by atoms with E-state index < -0.39 is 0 Å². The van der Waals surface area contributed by atoms with Crippen molar-refractivity contribution in [2.45, 2.75) is 57.6 Å². The molecule has 106 valence electrons. The largest absolute Gasteiger partial charge is 0.314 e. The monoisotopic (exact) mass is 277 g/mol. The Balaban J connectivity index is 1.89. The van der Waals surface area contributed by atoms with E-state index in [1.165, 1.54) is 29.5 Å². The molecule has 19 heavy (non-hydrogen) atoms. The summed E-state index contributed by atoms with van der Waals surface area (Å²) >= 11 is 2.15. The van der Waals surface area contributed by atoms with E-state index >= 15 is 0 Å². The Morgan fingerprint density at radius 2 is 1.84 bits per heavy atom. The Kier molecular flexibility index (Phi) is 5.35. The quantitative estimate of drug-likeness (QED) is 0.860. The molecule has 1 aliphatic carbocycles. The maximum Gasteiger partial charge on any atom is 0.0187 e. The molecule has 3 atom stereocenters. The van der Waals surface area contributed by atoms with Gasteiger partial charge < -0.3 is 5.32 Å². The van der Waals surface area contributed by atoms with Crippen molar-refractivity contribution in [2.24, 2.45) is 5.92 Å². The van der Waals surface area contributed by atoms with Crippen molar-refractivity contribution >= 4 is 11.8 Å². The molecular weight excluding hydrogens is 250 g/mol. The lowest BCUT2D eigenvalue weighted by Gasteiger charge is -2.21. The topological polar surface area (TPSA) is 12.0 Å². The third-order valence-electron chi connectivity index (χ3n) is 4.20. The van der Waals surface area contributed by atoms with Crippen molar-refractivity contribution in [3.8, 4) is 0 Å². The fourth-order valence-corrected chi connectivity index (χ4v) is 4.64. The van der Waals surface area contributed by atoms with Crippen LogP contribution in [0.15, 0.2) is 18.2 Å². The molecule has 2 rings (SSSR count). The van der Waals surface area contributed by atoms with E-state index in [0.29, 0.717) is 0 Å². The summed E-state index contributed by atoms with van der Waals surface area (Å²) in [6, 6.07) is 7.66. The highest BCUT2D eigenvalue weighted by Gasteiger charge is 2.32. The summed E-state index contributed by atoms with van der Waals surface area (Å²) in [5.74, 6) is 1.96. The molecule has 3 unspecified atom stereocenters. The van der Waals surface area contributed by atoms with Crippen LogP contribution in [0, 0.1) is 19.8 Å². The van der Waals surface area contributed by atoms with Crippen LogP contribution < -0.4 is 5.32 Å². The molecule has 2 heteroatoms. The second-order valence-electron chi connectivity index (χ2n) is 5.95. The lowest BCUT2D eigenvalue weighted by atomic mass is 10.1. The summed E-state index contributed by atoms with van der Waals surface area (Å²) in [5.41, 5.74) is 4.27. The summed E-state index contributed by atoms with van der Waals surface area (Å²) in [6.07, 6.45) is 2.72. The van der Waals surface area contributed by atoms with Crippen LogP contribution in [-0.4, -0.2) is 17.8 Å². The SMILES string of the molecule is CCNC1CCC(SCc2cc(C)cc(C)c2)C1C. The molecule has 0 spiro atoms. The zero-order valence-electron chi connectivity index (χ0n) is 12.7. The van der Waals surface area contributed by atoms with Crippen LogP contribution in [0.25, 0.3) is 0 Å². The molecular formula is C17H27NS. The number of rotatable bonds is 5. The second kappa shape index (κ2) is 6.81. The normalized spacial score (nSPS) is 26.8. The molecule has 0 heterocycles. The Hall–Kier alpha value is -0.470. The van der Waals surface area contributed by atoms with Crippen molar-refractivity contribution in [2.75, 3.05) is 6.54 Å². The van der Waals surface area contributed by atoms with Crippen molar-refractivity contribution in [3.05, 3.63) is 34.9 Å². The summed E-state index contributed by atoms with van der Waals surface area (Å²) in [4.78, 5) is 0. The first kappa shape index (κ1) is 14.9. The first-order chi connectivity index (χ1) is 9.10. The predicted octanol–water partition coefficient (Wildman–Crippen LogP) is 4.31. The van der Waals surface area contributed by atoms with Crippen molar-refractivity contribution in [1.29, 1.82) is 0 Å². The van der Waals surface area contributed by atoms with Crippen LogP contribution >= 0.6 is 11.8 Å². The van der Waals surface area contributed by atoms with Crippen LogP contribution in [-0.2, 0) is 5.75 Å². The number of aryl methyl sites for hydroxylation is 2. The van der Waals surface area contributed by atoms with E-state index in [1.807, 2.05) is 0 Å². The van der Waals surface area contributed by atoms with Crippen LogP contribution in [0.1, 0.15) is 43.4 Å². The highest BCUT2D eigenvalue weighted by atomic mass is 32.2. The van der Waals surface area contributed by atoms with Gasteiger partial charge in [0.05, 0.1) is 0 Å². The number of thioether (sulfide) groups is 1. The van der Waals surface area contributed by atoms with Gasteiger partial charge in [0.25, 0.3) is 0 Å². The molecule has 0 bridgehead atoms. The minimum atomic E-state index is 0.738. The average Bonchev–Trinajstić information content (AvgIpc) is 2.68. The van der Waals surface area contributed by atoms with E-state index in [1.54, 1.807) is 0 Å². The van der Waals surface area contributed by atoms with E-state index in [9.17, 15) is 0 Å². The summed E-state index contributed by atoms with van der Waals surface area (Å²) < 4.78 is 0. The van der Waals surface area contributed by atoms with Gasteiger partial charge in [-0.25, -0.2) is 0 Å². The van der Waals surface area contributed by atoms with Crippen LogP contribution in [0.2, 0.25) is 0 Å². The molecule has 0 aromatic heterocycles. The van der Waals surface area contributed by atoms with Gasteiger partial charge >= 0.3 is 0 Å². The van der Waals surface area contributed by atoms with Gasteiger partial charge in [-0.3, -0.25) is 0 Å². The molecule has 1 fully saturated rings. The van der Waals surface area contributed by atoms with E-state index in [-0.39, 0.29) is 0 Å². The minimum Gasteiger partial charge on any atom is -0.314 e. The highest BCUT2D eigenvalue weighted by Crippen LogP contribution is 2.36. The van der Waals surface area contributed by atoms with Crippen molar-refractivity contribution < 1.29 is 0 Å². The Morgan fingerprint density at radius 3 is 2.47 bits per heavy atom. The summed E-state index contributed by atoms with van der Waals surface area (Å²) in [5, 5.41) is 4.45. The van der Waals surface area contributed by atoms with Crippen molar-refractivity contribution in [1.82, 2.24) is 5.32 Å². The number of nitrogens with one attached hydrogen (secondary N) is 1. The predicted molar refractivity (Wildman–Crippen MR) is 86.9 cm³/mol. The molecule has 1 aromatic carbocycles. The molecule has 0 radical (unpaired) electrons. The molecule has 1 N–H and O–H groups in total. The molecule has 0 aliphatic heterocycles. The van der Waals surface area contributed by atoms with Gasteiger partial charge in [0.2, 0.25) is 0 Å². The third-order valence-corrected chi connectivity index (χ3v) is 5.79. The maximum absolute atomic E-state index is 3.63. The van der Waals surface area contributed by atoms with Crippen LogP contribution in [0.3, 0.4) is 0 Å². The first-order valence-corrected chi connectivity index (χ1v) is 8.57. The van der Waals surface area contributed by atoms with Gasteiger partial charge in [-0.1, -0.05) is 43.2 Å². The zero-order chi connectivity index (χ0) is 13.8. The first-order valence-electron chi connectivity index (χ1n) is 7.52. The van der Waals surface area contributed by atoms with Gasteiger partial charge in [0.15, 0.2) is 0 Å². The average molecular weight is 277 g/mol. The molecule has 0 amide bonds.